The standard InChI is InChI=1S/C15H18O.C2H6/c1-3-6-12-9-14(16)10-13-8-5-7-11(4-2)15(12)13;1-2/h5,7-10,16H,3-4,6H2,1-2H3;1-2H3. The third-order valence-corrected chi connectivity index (χ3v) is 3.03. The summed E-state index contributed by atoms with van der Waals surface area (Å²) in [7, 11) is 0. The highest BCUT2D eigenvalue weighted by Gasteiger charge is 2.06. The molecule has 2 aromatic carbocycles. The number of benzene rings is 2. The summed E-state index contributed by atoms with van der Waals surface area (Å²) < 4.78 is 0. The lowest BCUT2D eigenvalue weighted by Gasteiger charge is -2.10. The molecule has 0 aliphatic heterocycles. The first-order chi connectivity index (χ1) is 8.76. The van der Waals surface area contributed by atoms with Gasteiger partial charge in [0, 0.05) is 0 Å². The Kier molecular flexibility index (Phi) is 5.70. The molecule has 0 radical (unpaired) electrons. The van der Waals surface area contributed by atoms with Crippen molar-refractivity contribution in [2.24, 2.45) is 0 Å². The normalized spacial score (nSPS) is 10.0. The van der Waals surface area contributed by atoms with Gasteiger partial charge in [-0.05, 0) is 46.9 Å². The molecule has 1 N–H and O–H groups in total. The molecule has 18 heavy (non-hydrogen) atoms. The van der Waals surface area contributed by atoms with E-state index in [9.17, 15) is 5.11 Å². The molecule has 1 heteroatoms. The van der Waals surface area contributed by atoms with E-state index in [0.717, 1.165) is 24.6 Å². The van der Waals surface area contributed by atoms with Crippen LogP contribution in [0.3, 0.4) is 0 Å². The lowest BCUT2D eigenvalue weighted by Crippen LogP contribution is -1.91. The van der Waals surface area contributed by atoms with Gasteiger partial charge in [0.15, 0.2) is 0 Å². The van der Waals surface area contributed by atoms with E-state index in [-0.39, 0.29) is 0 Å². The molecule has 0 fully saturated rings. The van der Waals surface area contributed by atoms with Crippen LogP contribution in [0.5, 0.6) is 5.75 Å². The summed E-state index contributed by atoms with van der Waals surface area (Å²) in [6, 6.07) is 10.1. The Bertz CT molecular complexity index is 500. The van der Waals surface area contributed by atoms with Gasteiger partial charge in [-0.15, -0.1) is 0 Å². The smallest absolute Gasteiger partial charge is 0.116 e. The second kappa shape index (κ2) is 7.05. The Morgan fingerprint density at radius 3 is 2.33 bits per heavy atom. The molecule has 0 heterocycles. The van der Waals surface area contributed by atoms with Crippen LogP contribution in [0.2, 0.25) is 0 Å². The SMILES string of the molecule is CC.CCCc1cc(O)cc2cccc(CC)c12. The minimum Gasteiger partial charge on any atom is -0.508 e. The number of aromatic hydroxyl groups is 1. The Labute approximate surface area is 110 Å². The number of hydrogen-bond acceptors (Lipinski definition) is 1. The van der Waals surface area contributed by atoms with E-state index < -0.39 is 0 Å². The molecule has 98 valence electrons. The zero-order chi connectivity index (χ0) is 13.5. The van der Waals surface area contributed by atoms with Crippen LogP contribution in [-0.2, 0) is 12.8 Å². The molecule has 0 aliphatic rings. The summed E-state index contributed by atoms with van der Waals surface area (Å²) in [5, 5.41) is 12.2. The van der Waals surface area contributed by atoms with E-state index in [4.69, 9.17) is 0 Å². The van der Waals surface area contributed by atoms with Crippen molar-refractivity contribution in [1.82, 2.24) is 0 Å². The summed E-state index contributed by atoms with van der Waals surface area (Å²) >= 11 is 0. The molecule has 2 aromatic rings. The van der Waals surface area contributed by atoms with Crippen LogP contribution < -0.4 is 0 Å². The lowest BCUT2D eigenvalue weighted by atomic mass is 9.95. The number of phenols is 1. The van der Waals surface area contributed by atoms with E-state index in [2.05, 4.69) is 32.0 Å². The van der Waals surface area contributed by atoms with Crippen molar-refractivity contribution in [1.29, 1.82) is 0 Å². The van der Waals surface area contributed by atoms with Crippen LogP contribution in [0.4, 0.5) is 0 Å². The highest BCUT2D eigenvalue weighted by atomic mass is 16.3. The Hall–Kier alpha value is -1.50. The van der Waals surface area contributed by atoms with Gasteiger partial charge in [-0.25, -0.2) is 0 Å². The maximum Gasteiger partial charge on any atom is 0.116 e. The maximum atomic E-state index is 9.70. The van der Waals surface area contributed by atoms with E-state index in [1.54, 1.807) is 0 Å². The van der Waals surface area contributed by atoms with E-state index >= 15 is 0 Å². The number of rotatable bonds is 3. The molecular weight excluding hydrogens is 220 g/mol. The first-order valence-corrected chi connectivity index (χ1v) is 6.99. The number of fused-ring (bicyclic) bond motifs is 1. The summed E-state index contributed by atoms with van der Waals surface area (Å²) in [4.78, 5) is 0. The van der Waals surface area contributed by atoms with Gasteiger partial charge in [0.2, 0.25) is 0 Å². The Balaban J connectivity index is 0.000000771. The lowest BCUT2D eigenvalue weighted by molar-refractivity contribution is 0.475. The highest BCUT2D eigenvalue weighted by molar-refractivity contribution is 5.90. The molecule has 0 unspecified atom stereocenters. The zero-order valence-electron chi connectivity index (χ0n) is 12.0. The third kappa shape index (κ3) is 3.04. The Morgan fingerprint density at radius 1 is 1.00 bits per heavy atom. The van der Waals surface area contributed by atoms with Gasteiger partial charge in [0.05, 0.1) is 0 Å². The quantitative estimate of drug-likeness (QED) is 0.797. The predicted molar refractivity (Wildman–Crippen MR) is 80.3 cm³/mol. The summed E-state index contributed by atoms with van der Waals surface area (Å²) in [5.41, 5.74) is 2.65. The topological polar surface area (TPSA) is 20.2 Å². The van der Waals surface area contributed by atoms with Gasteiger partial charge < -0.3 is 5.11 Å². The molecule has 1 nitrogen and oxygen atoms in total. The molecule has 0 atom stereocenters. The molecular formula is C17H24O. The van der Waals surface area contributed by atoms with E-state index in [0.29, 0.717) is 5.75 Å². The van der Waals surface area contributed by atoms with Gasteiger partial charge in [-0.3, -0.25) is 0 Å². The summed E-state index contributed by atoms with van der Waals surface area (Å²) in [6.45, 7) is 8.35. The summed E-state index contributed by atoms with van der Waals surface area (Å²) in [6.07, 6.45) is 3.18. The number of phenolic OH excluding ortho intramolecular Hbond substituents is 1. The van der Waals surface area contributed by atoms with Crippen molar-refractivity contribution in [2.75, 3.05) is 0 Å². The average Bonchev–Trinajstić information content (AvgIpc) is 2.40. The molecule has 0 aliphatic carbocycles. The van der Waals surface area contributed by atoms with Crippen LogP contribution in [-0.4, -0.2) is 5.11 Å². The first-order valence-electron chi connectivity index (χ1n) is 6.99. The van der Waals surface area contributed by atoms with Gasteiger partial charge >= 0.3 is 0 Å². The fraction of sp³-hybridized carbons (Fsp3) is 0.412. The molecule has 2 rings (SSSR count). The van der Waals surface area contributed by atoms with Crippen molar-refractivity contribution < 1.29 is 5.11 Å². The van der Waals surface area contributed by atoms with Gasteiger partial charge in [-0.1, -0.05) is 52.3 Å². The second-order valence-electron chi connectivity index (χ2n) is 4.22. The number of aryl methyl sites for hydroxylation is 2. The largest absolute Gasteiger partial charge is 0.508 e. The first kappa shape index (κ1) is 14.6. The van der Waals surface area contributed by atoms with Crippen LogP contribution in [0, 0.1) is 0 Å². The van der Waals surface area contributed by atoms with Crippen molar-refractivity contribution in [3.05, 3.63) is 41.5 Å². The van der Waals surface area contributed by atoms with E-state index in [1.165, 1.54) is 16.5 Å². The molecule has 0 spiro atoms. The molecule has 0 aromatic heterocycles. The van der Waals surface area contributed by atoms with Crippen molar-refractivity contribution in [3.8, 4) is 5.75 Å². The fourth-order valence-corrected chi connectivity index (χ4v) is 2.34. The second-order valence-corrected chi connectivity index (χ2v) is 4.22. The molecule has 0 saturated heterocycles. The van der Waals surface area contributed by atoms with E-state index in [1.807, 2.05) is 26.0 Å². The van der Waals surface area contributed by atoms with Crippen molar-refractivity contribution in [3.63, 3.8) is 0 Å². The average molecular weight is 244 g/mol. The van der Waals surface area contributed by atoms with Crippen LogP contribution in [0.25, 0.3) is 10.8 Å². The van der Waals surface area contributed by atoms with Gasteiger partial charge in [0.25, 0.3) is 0 Å². The minimum absolute atomic E-state index is 0.379. The molecule has 0 bridgehead atoms. The molecule has 0 amide bonds. The fourth-order valence-electron chi connectivity index (χ4n) is 2.34. The zero-order valence-corrected chi connectivity index (χ0v) is 12.0. The Morgan fingerprint density at radius 2 is 1.72 bits per heavy atom. The van der Waals surface area contributed by atoms with Gasteiger partial charge in [-0.2, -0.15) is 0 Å². The predicted octanol–water partition coefficient (Wildman–Crippen LogP) is 5.09. The number of hydrogen-bond donors (Lipinski definition) is 1. The van der Waals surface area contributed by atoms with Crippen molar-refractivity contribution >= 4 is 10.8 Å². The van der Waals surface area contributed by atoms with Crippen LogP contribution in [0.1, 0.15) is 45.2 Å². The van der Waals surface area contributed by atoms with Gasteiger partial charge in [0.1, 0.15) is 5.75 Å². The highest BCUT2D eigenvalue weighted by Crippen LogP contribution is 2.28. The molecule has 0 saturated carbocycles. The minimum atomic E-state index is 0.379. The maximum absolute atomic E-state index is 9.70. The monoisotopic (exact) mass is 244 g/mol. The summed E-state index contributed by atoms with van der Waals surface area (Å²) in [5.74, 6) is 0.379. The van der Waals surface area contributed by atoms with Crippen LogP contribution in [0.15, 0.2) is 30.3 Å². The van der Waals surface area contributed by atoms with Crippen LogP contribution >= 0.6 is 0 Å². The third-order valence-electron chi connectivity index (χ3n) is 3.03. The van der Waals surface area contributed by atoms with Crippen molar-refractivity contribution in [2.45, 2.75) is 47.0 Å².